The molecule has 1 aliphatic carbocycles. The van der Waals surface area contributed by atoms with Crippen LogP contribution in [0.15, 0.2) is 24.5 Å². The van der Waals surface area contributed by atoms with Crippen molar-refractivity contribution in [2.75, 3.05) is 5.32 Å². The Morgan fingerprint density at radius 1 is 1.19 bits per heavy atom. The topological polar surface area (TPSA) is 96.5 Å². The number of carbonyl (C=O) groups excluding carboxylic acids is 1. The Balaban J connectivity index is 0.000000844. The van der Waals surface area contributed by atoms with Crippen molar-refractivity contribution in [2.24, 2.45) is 0 Å². The van der Waals surface area contributed by atoms with Gasteiger partial charge in [0.25, 0.3) is 5.91 Å². The van der Waals surface area contributed by atoms with Crippen LogP contribution in [0.2, 0.25) is 0 Å². The number of H-pyrrole nitrogens is 1. The summed E-state index contributed by atoms with van der Waals surface area (Å²) in [6.07, 6.45) is 5.01. The number of carbonyl (C=O) groups is 1. The van der Waals surface area contributed by atoms with Gasteiger partial charge in [0.2, 0.25) is 0 Å². The van der Waals surface area contributed by atoms with Crippen LogP contribution in [0.25, 0.3) is 11.3 Å². The minimum atomic E-state index is -0.296. The monoisotopic (exact) mass is 532 g/mol. The van der Waals surface area contributed by atoms with E-state index in [0.717, 1.165) is 35.4 Å². The zero-order valence-corrected chi connectivity index (χ0v) is 18.2. The molecule has 1 aliphatic rings. The molecule has 2 N–H and O–H groups in total. The number of hydrogen-bond donors (Lipinski definition) is 2. The SMILES string of the molecule is [CH2-]C.[CH2-]c1ccc(NC(=O)c2n[nH]c3c2-c2nc(C)ncc2CC3)cn1.[W+2]. The average molecular weight is 532 g/mol. The van der Waals surface area contributed by atoms with E-state index in [1.165, 1.54) is 0 Å². The zero-order chi connectivity index (χ0) is 18.7. The summed E-state index contributed by atoms with van der Waals surface area (Å²) in [6, 6.07) is 3.49. The van der Waals surface area contributed by atoms with Gasteiger partial charge in [0.05, 0.1) is 11.3 Å². The minimum Gasteiger partial charge on any atom is -0.346 e. The first-order valence-electron chi connectivity index (χ1n) is 8.32. The summed E-state index contributed by atoms with van der Waals surface area (Å²) in [5.74, 6) is 0.375. The summed E-state index contributed by atoms with van der Waals surface area (Å²) in [6.45, 7) is 10.6. The van der Waals surface area contributed by atoms with Crippen LogP contribution >= 0.6 is 0 Å². The molecule has 3 aromatic rings. The molecule has 0 unspecified atom stereocenters. The summed E-state index contributed by atoms with van der Waals surface area (Å²) in [5, 5.41) is 9.99. The van der Waals surface area contributed by atoms with Gasteiger partial charge in [-0.25, -0.2) is 16.9 Å². The van der Waals surface area contributed by atoms with Crippen LogP contribution in [0.1, 0.15) is 40.2 Å². The van der Waals surface area contributed by atoms with Crippen LogP contribution in [-0.2, 0) is 33.9 Å². The molecule has 0 fully saturated rings. The zero-order valence-electron chi connectivity index (χ0n) is 15.2. The second-order valence-electron chi connectivity index (χ2n) is 5.71. The van der Waals surface area contributed by atoms with Gasteiger partial charge in [-0.15, -0.1) is 11.8 Å². The van der Waals surface area contributed by atoms with E-state index in [9.17, 15) is 4.79 Å². The molecule has 0 aliphatic heterocycles. The maximum atomic E-state index is 12.6. The Morgan fingerprint density at radius 2 is 1.96 bits per heavy atom. The molecular weight excluding hydrogens is 512 g/mol. The molecule has 4 rings (SSSR count). The molecule has 3 heterocycles. The molecule has 0 spiro atoms. The number of nitrogens with zero attached hydrogens (tertiary/aromatic N) is 4. The number of aromatic nitrogens is 5. The van der Waals surface area contributed by atoms with Gasteiger partial charge in [-0.1, -0.05) is 0 Å². The summed E-state index contributed by atoms with van der Waals surface area (Å²) < 4.78 is 0. The van der Waals surface area contributed by atoms with Gasteiger partial charge < -0.3 is 12.2 Å². The number of pyridine rings is 1. The molecule has 0 saturated carbocycles. The number of hydrogen-bond acceptors (Lipinski definition) is 5. The van der Waals surface area contributed by atoms with Crippen molar-refractivity contribution in [3.8, 4) is 11.3 Å². The fraction of sp³-hybridized carbons (Fsp3) is 0.211. The van der Waals surface area contributed by atoms with Crippen molar-refractivity contribution < 1.29 is 25.9 Å². The number of amides is 1. The molecule has 8 heteroatoms. The first kappa shape index (κ1) is 20.8. The normalized spacial score (nSPS) is 11.2. The van der Waals surface area contributed by atoms with Crippen LogP contribution in [-0.4, -0.2) is 31.1 Å². The van der Waals surface area contributed by atoms with E-state index in [-0.39, 0.29) is 27.0 Å². The third-order valence-corrected chi connectivity index (χ3v) is 4.01. The van der Waals surface area contributed by atoms with E-state index in [1.54, 1.807) is 25.3 Å². The van der Waals surface area contributed by atoms with Crippen molar-refractivity contribution in [3.63, 3.8) is 0 Å². The standard InChI is InChI=1S/C17H15N6O.C2H5.W/c1-9-3-5-12(8-18-9)21-17(24)16-14-13(22-23-16)6-4-11-7-19-10(2)20-15(11)14;1-2;/h3,5,7-8H,1,4,6H2,2H3,(H,21,24)(H,22,23);1H2,2H3;/q2*-1;+2. The van der Waals surface area contributed by atoms with Crippen molar-refractivity contribution in [1.29, 1.82) is 0 Å². The molecule has 0 aromatic carbocycles. The predicted molar refractivity (Wildman–Crippen MR) is 99.4 cm³/mol. The number of fused-ring (bicyclic) bond motifs is 3. The molecule has 138 valence electrons. The molecule has 3 aromatic heterocycles. The molecule has 0 atom stereocenters. The van der Waals surface area contributed by atoms with Gasteiger partial charge in [-0.2, -0.15) is 18.1 Å². The second-order valence-corrected chi connectivity index (χ2v) is 5.71. The number of nitrogens with one attached hydrogen (secondary N) is 2. The van der Waals surface area contributed by atoms with Gasteiger partial charge in [-0.05, 0) is 25.3 Å². The van der Waals surface area contributed by atoms with E-state index >= 15 is 0 Å². The molecular formula is C19H20N6OW. The Bertz CT molecular complexity index is 936. The van der Waals surface area contributed by atoms with Crippen LogP contribution in [0.3, 0.4) is 0 Å². The number of rotatable bonds is 2. The fourth-order valence-electron chi connectivity index (χ4n) is 2.82. The smallest absolute Gasteiger partial charge is 0.346 e. The number of aromatic amines is 1. The van der Waals surface area contributed by atoms with Crippen molar-refractivity contribution in [1.82, 2.24) is 25.1 Å². The van der Waals surface area contributed by atoms with Gasteiger partial charge in [-0.3, -0.25) is 14.9 Å². The molecule has 0 radical (unpaired) electrons. The molecule has 0 saturated heterocycles. The van der Waals surface area contributed by atoms with Gasteiger partial charge in [0.15, 0.2) is 5.69 Å². The van der Waals surface area contributed by atoms with Crippen LogP contribution in [0, 0.1) is 20.8 Å². The second kappa shape index (κ2) is 8.91. The van der Waals surface area contributed by atoms with E-state index < -0.39 is 0 Å². The Labute approximate surface area is 172 Å². The predicted octanol–water partition coefficient (Wildman–Crippen LogP) is 2.94. The van der Waals surface area contributed by atoms with Gasteiger partial charge in [0.1, 0.15) is 5.82 Å². The molecule has 7 nitrogen and oxygen atoms in total. The van der Waals surface area contributed by atoms with Gasteiger partial charge in [0, 0.05) is 23.8 Å². The van der Waals surface area contributed by atoms with Crippen molar-refractivity contribution in [3.05, 3.63) is 66.8 Å². The molecule has 1 amide bonds. The third kappa shape index (κ3) is 4.25. The summed E-state index contributed by atoms with van der Waals surface area (Å²) in [7, 11) is 0. The summed E-state index contributed by atoms with van der Waals surface area (Å²) in [5.41, 5.74) is 5.09. The minimum absolute atomic E-state index is 0. The van der Waals surface area contributed by atoms with Crippen molar-refractivity contribution >= 4 is 11.6 Å². The Kier molecular flexibility index (Phi) is 6.85. The quantitative estimate of drug-likeness (QED) is 0.495. The summed E-state index contributed by atoms with van der Waals surface area (Å²) >= 11 is 0. The maximum Gasteiger partial charge on any atom is 2.00 e. The Morgan fingerprint density at radius 3 is 2.67 bits per heavy atom. The van der Waals surface area contributed by atoms with Crippen LogP contribution < -0.4 is 5.32 Å². The maximum absolute atomic E-state index is 12.6. The van der Waals surface area contributed by atoms with Crippen molar-refractivity contribution in [2.45, 2.75) is 26.7 Å². The van der Waals surface area contributed by atoms with E-state index in [0.29, 0.717) is 22.9 Å². The Hall–Kier alpha value is -2.53. The van der Waals surface area contributed by atoms with E-state index in [4.69, 9.17) is 0 Å². The van der Waals surface area contributed by atoms with Gasteiger partial charge >= 0.3 is 21.1 Å². The summed E-state index contributed by atoms with van der Waals surface area (Å²) in [4.78, 5) is 25.5. The van der Waals surface area contributed by atoms with Crippen LogP contribution in [0.5, 0.6) is 0 Å². The molecule has 27 heavy (non-hydrogen) atoms. The van der Waals surface area contributed by atoms with E-state index in [1.807, 2.05) is 13.1 Å². The number of aryl methyl sites for hydroxylation is 3. The number of anilines is 1. The average Bonchev–Trinajstić information content (AvgIpc) is 3.10. The van der Waals surface area contributed by atoms with Crippen LogP contribution in [0.4, 0.5) is 5.69 Å². The molecule has 0 bridgehead atoms. The first-order chi connectivity index (χ1) is 12.6. The van der Waals surface area contributed by atoms with E-state index in [2.05, 4.69) is 44.3 Å². The largest absolute Gasteiger partial charge is 2.00 e. The fourth-order valence-corrected chi connectivity index (χ4v) is 2.82. The first-order valence-corrected chi connectivity index (χ1v) is 8.32. The third-order valence-electron chi connectivity index (χ3n) is 4.01.